The van der Waals surface area contributed by atoms with E-state index in [-0.39, 0.29) is 6.04 Å². The average molecular weight is 619 g/mol. The van der Waals surface area contributed by atoms with Gasteiger partial charge in [0.1, 0.15) is 17.9 Å². The number of nitrogens with zero attached hydrogens (tertiary/aromatic N) is 4. The maximum absolute atomic E-state index is 12.7. The summed E-state index contributed by atoms with van der Waals surface area (Å²) >= 11 is 0. The predicted octanol–water partition coefficient (Wildman–Crippen LogP) is 7.29. The molecule has 1 aliphatic carbocycles. The molecule has 2 atom stereocenters. The van der Waals surface area contributed by atoms with Crippen LogP contribution in [0.15, 0.2) is 60.8 Å². The van der Waals surface area contributed by atoms with Crippen molar-refractivity contribution in [3.05, 3.63) is 77.5 Å². The third kappa shape index (κ3) is 4.93. The number of nitrogens with two attached hydrogens (primary N) is 1. The molecule has 8 rings (SSSR count). The number of likely N-dealkylation sites (tertiary alicyclic amines) is 1. The number of benzene rings is 2. The van der Waals surface area contributed by atoms with Crippen molar-refractivity contribution in [3.63, 3.8) is 0 Å². The van der Waals surface area contributed by atoms with Gasteiger partial charge >= 0.3 is 0 Å². The van der Waals surface area contributed by atoms with Gasteiger partial charge in [-0.25, -0.2) is 0 Å². The lowest BCUT2D eigenvalue weighted by Crippen LogP contribution is -2.55. The first-order valence-electron chi connectivity index (χ1n) is 17.2. The normalized spacial score (nSPS) is 23.1. The van der Waals surface area contributed by atoms with Crippen LogP contribution in [0.4, 0.5) is 17.1 Å². The van der Waals surface area contributed by atoms with Crippen LogP contribution >= 0.6 is 0 Å². The zero-order valence-electron chi connectivity index (χ0n) is 27.3. The highest BCUT2D eigenvalue weighted by Crippen LogP contribution is 2.54. The highest BCUT2D eigenvalue weighted by molar-refractivity contribution is 6.01. The van der Waals surface area contributed by atoms with Crippen LogP contribution in [0.2, 0.25) is 0 Å². The molecule has 0 bridgehead atoms. The van der Waals surface area contributed by atoms with Crippen LogP contribution in [0.3, 0.4) is 0 Å². The molecule has 8 nitrogen and oxygen atoms in total. The lowest BCUT2D eigenvalue weighted by Gasteiger charge is -2.56. The monoisotopic (exact) mass is 618 g/mol. The number of rotatable bonds is 6. The average Bonchev–Trinajstić information content (AvgIpc) is 3.72. The molecule has 46 heavy (non-hydrogen) atoms. The first-order valence-corrected chi connectivity index (χ1v) is 17.2. The Kier molecular flexibility index (Phi) is 7.24. The molecule has 1 unspecified atom stereocenters. The number of nitrogens with one attached hydrogen (secondary N) is 1. The molecule has 3 aliphatic heterocycles. The second kappa shape index (κ2) is 11.3. The highest BCUT2D eigenvalue weighted by Gasteiger charge is 2.50. The molecule has 1 spiro atoms. The Morgan fingerprint density at radius 3 is 2.63 bits per heavy atom. The van der Waals surface area contributed by atoms with Gasteiger partial charge in [-0.05, 0) is 105 Å². The van der Waals surface area contributed by atoms with E-state index < -0.39 is 5.91 Å². The molecule has 240 valence electrons. The van der Waals surface area contributed by atoms with E-state index in [9.17, 15) is 4.79 Å². The number of piperidine rings is 1. The van der Waals surface area contributed by atoms with Gasteiger partial charge in [0.15, 0.2) is 0 Å². The number of pyridine rings is 1. The highest BCUT2D eigenvalue weighted by atomic mass is 16.5. The van der Waals surface area contributed by atoms with Gasteiger partial charge < -0.3 is 25.3 Å². The zero-order valence-corrected chi connectivity index (χ0v) is 27.3. The van der Waals surface area contributed by atoms with Crippen LogP contribution in [-0.2, 0) is 0 Å². The summed E-state index contributed by atoms with van der Waals surface area (Å²) in [5.74, 6) is 0.703. The number of hydrogen-bond donors (Lipinski definition) is 2. The summed E-state index contributed by atoms with van der Waals surface area (Å²) in [6, 6.07) is 20.7. The van der Waals surface area contributed by atoms with Crippen molar-refractivity contribution in [3.8, 4) is 5.88 Å². The van der Waals surface area contributed by atoms with E-state index in [0.717, 1.165) is 41.2 Å². The van der Waals surface area contributed by atoms with Crippen molar-refractivity contribution in [2.45, 2.75) is 83.3 Å². The van der Waals surface area contributed by atoms with Gasteiger partial charge in [-0.1, -0.05) is 38.1 Å². The number of anilines is 3. The lowest BCUT2D eigenvalue weighted by atomic mass is 9.59. The Balaban J connectivity index is 0.995. The second-order valence-corrected chi connectivity index (χ2v) is 14.6. The number of aromatic amines is 1. The molecule has 1 amide bonds. The van der Waals surface area contributed by atoms with E-state index in [4.69, 9.17) is 15.5 Å². The van der Waals surface area contributed by atoms with E-state index >= 15 is 0 Å². The Hall–Kier alpha value is -4.04. The summed E-state index contributed by atoms with van der Waals surface area (Å²) in [4.78, 5) is 28.1. The van der Waals surface area contributed by atoms with Crippen LogP contribution in [0.25, 0.3) is 11.0 Å². The van der Waals surface area contributed by atoms with Crippen molar-refractivity contribution in [2.75, 3.05) is 36.0 Å². The largest absolute Gasteiger partial charge is 0.474 e. The summed E-state index contributed by atoms with van der Waals surface area (Å²) < 4.78 is 6.04. The maximum Gasteiger partial charge on any atom is 0.250 e. The van der Waals surface area contributed by atoms with Gasteiger partial charge in [-0.2, -0.15) is 4.98 Å². The molecular weight excluding hydrogens is 572 g/mol. The molecule has 2 saturated heterocycles. The Labute approximate surface area is 271 Å². The van der Waals surface area contributed by atoms with Crippen LogP contribution in [0.5, 0.6) is 5.88 Å². The van der Waals surface area contributed by atoms with Crippen LogP contribution in [0, 0.1) is 5.41 Å². The van der Waals surface area contributed by atoms with E-state index in [1.165, 1.54) is 50.6 Å². The third-order valence-electron chi connectivity index (χ3n) is 11.4. The topological polar surface area (TPSA) is 90.7 Å². The fourth-order valence-corrected chi connectivity index (χ4v) is 8.96. The van der Waals surface area contributed by atoms with Crippen molar-refractivity contribution >= 4 is 34.0 Å². The molecular formula is C38H46N6O2. The van der Waals surface area contributed by atoms with E-state index in [1.807, 2.05) is 18.3 Å². The standard InChI is InChI=1S/C38H46N6O2/c1-24(2)29-7-4-5-8-30(29)32-9-6-16-43(32)28-21-38(22-28)13-17-42(18-14-38)27-10-11-31(35(39)45)33(20-27)44-25(3)23-46-37-34(44)19-26-12-15-40-36(26)41-37/h4-5,7-8,10-12,15,19-20,24-25,28,32H,6,9,13-14,16-18,21-23H2,1-3H3,(H2,39,45)(H,40,41)/t25?,32-/m0/s1. The maximum atomic E-state index is 12.7. The van der Waals surface area contributed by atoms with Gasteiger partial charge in [0.25, 0.3) is 5.91 Å². The Morgan fingerprint density at radius 2 is 1.85 bits per heavy atom. The smallest absolute Gasteiger partial charge is 0.250 e. The lowest BCUT2D eigenvalue weighted by molar-refractivity contribution is -0.0227. The number of aromatic nitrogens is 2. The van der Waals surface area contributed by atoms with Crippen LogP contribution in [-0.4, -0.2) is 59.1 Å². The summed E-state index contributed by atoms with van der Waals surface area (Å²) in [5, 5.41) is 1.00. The molecule has 8 heteroatoms. The van der Waals surface area contributed by atoms with Crippen molar-refractivity contribution in [1.82, 2.24) is 14.9 Å². The number of carbonyl (C=O) groups is 1. The van der Waals surface area contributed by atoms with E-state index in [1.54, 1.807) is 5.56 Å². The minimum atomic E-state index is -0.424. The van der Waals surface area contributed by atoms with Gasteiger partial charge in [0.05, 0.1) is 17.3 Å². The first-order chi connectivity index (χ1) is 22.3. The van der Waals surface area contributed by atoms with Crippen LogP contribution < -0.4 is 20.3 Å². The van der Waals surface area contributed by atoms with Gasteiger partial charge in [-0.3, -0.25) is 9.69 Å². The summed E-state index contributed by atoms with van der Waals surface area (Å²) in [6.45, 7) is 10.5. The number of H-pyrrole nitrogens is 1. The predicted molar refractivity (Wildman–Crippen MR) is 184 cm³/mol. The number of carbonyl (C=O) groups excluding carboxylic acids is 1. The van der Waals surface area contributed by atoms with Crippen molar-refractivity contribution in [2.24, 2.45) is 11.1 Å². The summed E-state index contributed by atoms with van der Waals surface area (Å²) in [6.07, 6.45) is 9.52. The summed E-state index contributed by atoms with van der Waals surface area (Å²) in [5.41, 5.74) is 13.6. The number of amides is 1. The van der Waals surface area contributed by atoms with Gasteiger partial charge in [0.2, 0.25) is 5.88 Å². The summed E-state index contributed by atoms with van der Waals surface area (Å²) in [7, 11) is 0. The fourth-order valence-electron chi connectivity index (χ4n) is 8.96. The molecule has 4 aliphatic rings. The van der Waals surface area contributed by atoms with Crippen LogP contribution in [0.1, 0.15) is 92.7 Å². The second-order valence-electron chi connectivity index (χ2n) is 14.6. The van der Waals surface area contributed by atoms with Crippen molar-refractivity contribution in [1.29, 1.82) is 0 Å². The zero-order chi connectivity index (χ0) is 31.6. The van der Waals surface area contributed by atoms with E-state index in [2.05, 4.69) is 82.9 Å². The molecule has 0 radical (unpaired) electrons. The molecule has 3 fully saturated rings. The minimum Gasteiger partial charge on any atom is -0.474 e. The van der Waals surface area contributed by atoms with Crippen molar-refractivity contribution < 1.29 is 9.53 Å². The molecule has 3 N–H and O–H groups in total. The minimum absolute atomic E-state index is 0.0116. The Bertz CT molecular complexity index is 1760. The first kappa shape index (κ1) is 29.4. The number of primary amides is 1. The SMILES string of the molecule is CC(C)c1ccccc1[C@@H]1CCCN1C1CC2(CCN(c3ccc(C(N)=O)c(N4c5cc6cc[nH]c6nc5OCC4C)c3)CC2)C1. The van der Waals surface area contributed by atoms with E-state index in [0.29, 0.717) is 41.5 Å². The Morgan fingerprint density at radius 1 is 1.04 bits per heavy atom. The molecule has 5 heterocycles. The number of ether oxygens (including phenoxy) is 1. The fraction of sp³-hybridized carbons (Fsp3) is 0.474. The molecule has 2 aromatic heterocycles. The van der Waals surface area contributed by atoms with Gasteiger partial charge in [-0.15, -0.1) is 0 Å². The molecule has 1 saturated carbocycles. The molecule has 2 aromatic carbocycles. The van der Waals surface area contributed by atoms with Gasteiger partial charge in [0, 0.05) is 42.4 Å². The third-order valence-corrected chi connectivity index (χ3v) is 11.4. The number of hydrogen-bond acceptors (Lipinski definition) is 6. The quantitative estimate of drug-likeness (QED) is 0.236. The number of fused-ring (bicyclic) bond motifs is 2. The molecule has 4 aromatic rings.